The van der Waals surface area contributed by atoms with Crippen LogP contribution in [0.5, 0.6) is 5.75 Å². The fourth-order valence-electron chi connectivity index (χ4n) is 4.21. The normalized spacial score (nSPS) is 11.2. The molecule has 0 bridgehead atoms. The number of aromatic nitrogens is 4. The first-order valence-corrected chi connectivity index (χ1v) is 13.2. The smallest absolute Gasteiger partial charge is 0.247 e. The van der Waals surface area contributed by atoms with Gasteiger partial charge in [0.2, 0.25) is 11.9 Å². The van der Waals surface area contributed by atoms with Gasteiger partial charge in [0.25, 0.3) is 0 Å². The predicted octanol–water partition coefficient (Wildman–Crippen LogP) is 4.90. The highest BCUT2D eigenvalue weighted by Crippen LogP contribution is 2.38. The molecule has 39 heavy (non-hydrogen) atoms. The Kier molecular flexibility index (Phi) is 7.44. The third-order valence-corrected chi connectivity index (χ3v) is 7.16. The molecule has 2 aromatic carbocycles. The number of thiophene rings is 1. The van der Waals surface area contributed by atoms with Crippen molar-refractivity contribution in [1.82, 2.24) is 24.6 Å². The molecular weight excluding hydrogens is 512 g/mol. The van der Waals surface area contributed by atoms with E-state index in [-0.39, 0.29) is 5.91 Å². The minimum absolute atomic E-state index is 0.308. The van der Waals surface area contributed by atoms with E-state index in [1.807, 2.05) is 79.9 Å². The van der Waals surface area contributed by atoms with Crippen molar-refractivity contribution in [2.24, 2.45) is 0 Å². The number of benzene rings is 2. The first-order valence-electron chi connectivity index (χ1n) is 12.3. The third kappa shape index (κ3) is 5.40. The molecule has 3 heterocycles. The lowest BCUT2D eigenvalue weighted by Crippen LogP contribution is -2.29. The molecule has 11 heteroatoms. The Labute approximate surface area is 230 Å². The molecule has 0 fully saturated rings. The van der Waals surface area contributed by atoms with E-state index < -0.39 is 0 Å². The van der Waals surface area contributed by atoms with Gasteiger partial charge >= 0.3 is 0 Å². The number of methoxy groups -OCH3 is 1. The molecule has 0 aliphatic rings. The minimum Gasteiger partial charge on any atom is -0.494 e. The van der Waals surface area contributed by atoms with Gasteiger partial charge in [0.05, 0.1) is 46.1 Å². The highest BCUT2D eigenvalue weighted by Gasteiger charge is 2.19. The first kappa shape index (κ1) is 26.1. The van der Waals surface area contributed by atoms with E-state index in [1.54, 1.807) is 18.4 Å². The Morgan fingerprint density at radius 2 is 1.95 bits per heavy atom. The van der Waals surface area contributed by atoms with Crippen LogP contribution in [-0.2, 0) is 4.79 Å². The molecule has 10 nitrogen and oxygen atoms in total. The van der Waals surface area contributed by atoms with Gasteiger partial charge in [0, 0.05) is 31.6 Å². The lowest BCUT2D eigenvalue weighted by Gasteiger charge is -2.26. The highest BCUT2D eigenvalue weighted by atomic mass is 32.1. The maximum atomic E-state index is 12.3. The van der Waals surface area contributed by atoms with Crippen LogP contribution < -0.4 is 20.3 Å². The molecule has 0 spiro atoms. The van der Waals surface area contributed by atoms with Crippen molar-refractivity contribution in [3.63, 3.8) is 0 Å². The van der Waals surface area contributed by atoms with Gasteiger partial charge < -0.3 is 25.2 Å². The standard InChI is InChI=1S/C28H30N8O2S/c1-6-25(37)30-20-15-21(24(38-5)16-23(20)35(4)13-12-34(2)3)32-28-31-19-11-14-39-26(19)27(33-28)36-22-10-8-7-9-18(22)17-29-36/h6-11,14-17H,1,12-13H2,2-5H3,(H,30,37)(H,31,32,33). The van der Waals surface area contributed by atoms with Crippen LogP contribution in [-0.4, -0.2) is 71.9 Å². The summed E-state index contributed by atoms with van der Waals surface area (Å²) < 4.78 is 8.51. The van der Waals surface area contributed by atoms with Gasteiger partial charge in [0.1, 0.15) is 5.75 Å². The molecule has 0 unspecified atom stereocenters. The average Bonchev–Trinajstić information content (AvgIpc) is 3.58. The molecule has 3 aromatic heterocycles. The fraction of sp³-hybridized carbons (Fsp3) is 0.214. The SMILES string of the molecule is C=CC(=O)Nc1cc(Nc2nc(-n3ncc4ccccc43)c3sccc3n2)c(OC)cc1N(C)CCN(C)C. The van der Waals surface area contributed by atoms with Gasteiger partial charge in [-0.15, -0.1) is 11.3 Å². The summed E-state index contributed by atoms with van der Waals surface area (Å²) in [6.07, 6.45) is 3.07. The molecule has 0 saturated heterocycles. The summed E-state index contributed by atoms with van der Waals surface area (Å²) in [5.74, 6) is 1.33. The van der Waals surface area contributed by atoms with Crippen LogP contribution in [0, 0.1) is 0 Å². The Bertz CT molecular complexity index is 1660. The van der Waals surface area contributed by atoms with Crippen LogP contribution in [0.15, 0.2) is 66.7 Å². The monoisotopic (exact) mass is 542 g/mol. The van der Waals surface area contributed by atoms with Gasteiger partial charge in [-0.25, -0.2) is 9.67 Å². The molecule has 5 rings (SSSR count). The van der Waals surface area contributed by atoms with E-state index in [4.69, 9.17) is 14.7 Å². The van der Waals surface area contributed by atoms with Crippen LogP contribution in [0.3, 0.4) is 0 Å². The number of fused-ring (bicyclic) bond motifs is 2. The molecule has 1 amide bonds. The minimum atomic E-state index is -0.308. The molecule has 0 radical (unpaired) electrons. The van der Waals surface area contributed by atoms with Gasteiger partial charge in [0.15, 0.2) is 5.82 Å². The number of hydrogen-bond donors (Lipinski definition) is 2. The number of carbonyl (C=O) groups is 1. The zero-order valence-electron chi connectivity index (χ0n) is 22.3. The predicted molar refractivity (Wildman–Crippen MR) is 159 cm³/mol. The molecule has 0 aliphatic carbocycles. The summed E-state index contributed by atoms with van der Waals surface area (Å²) in [6.45, 7) is 5.18. The second-order valence-electron chi connectivity index (χ2n) is 9.23. The number of likely N-dealkylation sites (N-methyl/N-ethyl adjacent to an activating group) is 2. The van der Waals surface area contributed by atoms with Crippen LogP contribution in [0.25, 0.3) is 26.9 Å². The summed E-state index contributed by atoms with van der Waals surface area (Å²) in [6, 6.07) is 13.7. The number of carbonyl (C=O) groups excluding carboxylic acids is 1. The number of nitrogens with one attached hydrogen (secondary N) is 2. The number of hydrogen-bond acceptors (Lipinski definition) is 9. The Morgan fingerprint density at radius 1 is 1.13 bits per heavy atom. The van der Waals surface area contributed by atoms with Gasteiger partial charge in [-0.05, 0) is 43.8 Å². The van der Waals surface area contributed by atoms with Crippen molar-refractivity contribution < 1.29 is 9.53 Å². The van der Waals surface area contributed by atoms with E-state index in [0.29, 0.717) is 28.9 Å². The summed E-state index contributed by atoms with van der Waals surface area (Å²) >= 11 is 1.56. The van der Waals surface area contributed by atoms with Crippen molar-refractivity contribution in [2.75, 3.05) is 56.9 Å². The third-order valence-electron chi connectivity index (χ3n) is 6.26. The molecule has 5 aromatic rings. The van der Waals surface area contributed by atoms with E-state index in [0.717, 1.165) is 39.9 Å². The summed E-state index contributed by atoms with van der Waals surface area (Å²) in [5.41, 5.74) is 3.78. The average molecular weight is 543 g/mol. The zero-order valence-corrected chi connectivity index (χ0v) is 23.1. The highest BCUT2D eigenvalue weighted by molar-refractivity contribution is 7.17. The van der Waals surface area contributed by atoms with Gasteiger partial charge in [-0.2, -0.15) is 10.1 Å². The van der Waals surface area contributed by atoms with Crippen molar-refractivity contribution in [3.8, 4) is 11.6 Å². The van der Waals surface area contributed by atoms with Crippen LogP contribution in [0.4, 0.5) is 23.0 Å². The largest absolute Gasteiger partial charge is 0.494 e. The van der Waals surface area contributed by atoms with Crippen molar-refractivity contribution in [3.05, 3.63) is 66.7 Å². The molecule has 2 N–H and O–H groups in total. The van der Waals surface area contributed by atoms with Crippen LogP contribution in [0.2, 0.25) is 0 Å². The Morgan fingerprint density at radius 3 is 2.72 bits per heavy atom. The van der Waals surface area contributed by atoms with Crippen molar-refractivity contribution in [2.45, 2.75) is 0 Å². The second kappa shape index (κ2) is 11.1. The maximum absolute atomic E-state index is 12.3. The van der Waals surface area contributed by atoms with Gasteiger partial charge in [-0.3, -0.25) is 4.79 Å². The van der Waals surface area contributed by atoms with E-state index in [2.05, 4.69) is 32.1 Å². The zero-order chi connectivity index (χ0) is 27.5. The summed E-state index contributed by atoms with van der Waals surface area (Å²) in [5, 5.41) is 13.9. The summed E-state index contributed by atoms with van der Waals surface area (Å²) in [7, 11) is 7.62. The quantitative estimate of drug-likeness (QED) is 0.240. The molecular formula is C28H30N8O2S. The number of nitrogens with zero attached hydrogens (tertiary/aromatic N) is 6. The lowest BCUT2D eigenvalue weighted by atomic mass is 10.2. The number of amides is 1. The number of anilines is 4. The molecule has 200 valence electrons. The van der Waals surface area contributed by atoms with Crippen LogP contribution in [0.1, 0.15) is 0 Å². The van der Waals surface area contributed by atoms with E-state index in [1.165, 1.54) is 6.08 Å². The lowest BCUT2D eigenvalue weighted by molar-refractivity contribution is -0.111. The van der Waals surface area contributed by atoms with E-state index >= 15 is 0 Å². The number of rotatable bonds is 10. The van der Waals surface area contributed by atoms with Gasteiger partial charge in [-0.1, -0.05) is 24.8 Å². The Balaban J connectivity index is 1.58. The van der Waals surface area contributed by atoms with Crippen molar-refractivity contribution >= 4 is 61.4 Å². The Hall–Kier alpha value is -4.48. The second-order valence-corrected chi connectivity index (χ2v) is 10.1. The van der Waals surface area contributed by atoms with Crippen LogP contribution >= 0.6 is 11.3 Å². The topological polar surface area (TPSA) is 100 Å². The molecule has 0 saturated carbocycles. The van der Waals surface area contributed by atoms with E-state index in [9.17, 15) is 4.79 Å². The number of ether oxygens (including phenoxy) is 1. The summed E-state index contributed by atoms with van der Waals surface area (Å²) in [4.78, 5) is 26.1. The molecule has 0 aliphatic heterocycles. The number of para-hydroxylation sites is 1. The van der Waals surface area contributed by atoms with Crippen molar-refractivity contribution in [1.29, 1.82) is 0 Å². The first-order chi connectivity index (χ1) is 18.9. The molecule has 0 atom stereocenters. The maximum Gasteiger partial charge on any atom is 0.247 e. The fourth-order valence-corrected chi connectivity index (χ4v) is 5.02.